The van der Waals surface area contributed by atoms with Gasteiger partial charge in [-0.25, -0.2) is 0 Å². The molecule has 0 rings (SSSR count). The molecule has 4 nitrogen and oxygen atoms in total. The van der Waals surface area contributed by atoms with Crippen LogP contribution in [0.1, 0.15) is 0 Å². The molecule has 0 aliphatic heterocycles. The number of rotatable bonds is 1. The summed E-state index contributed by atoms with van der Waals surface area (Å²) in [5.41, 5.74) is 0. The monoisotopic (exact) mass is 154 g/mol. The Bertz CT molecular complexity index is 71.6. The second-order valence-corrected chi connectivity index (χ2v) is 3.50. The Labute approximate surface area is 38.9 Å². The van der Waals surface area contributed by atoms with Gasteiger partial charge in [0, 0.05) is 0 Å². The molecule has 0 atom stereocenters. The summed E-state index contributed by atoms with van der Waals surface area (Å²) in [5, 5.41) is 0. The summed E-state index contributed by atoms with van der Waals surface area (Å²) in [4.78, 5) is 0. The van der Waals surface area contributed by atoms with Crippen molar-refractivity contribution in [2.45, 2.75) is 0 Å². The van der Waals surface area contributed by atoms with Crippen molar-refractivity contribution >= 4 is 22.6 Å². The summed E-state index contributed by atoms with van der Waals surface area (Å²) in [7, 11) is 0.972. The predicted octanol–water partition coefficient (Wildman–Crippen LogP) is -2.60. The van der Waals surface area contributed by atoms with Gasteiger partial charge in [0.05, 0.1) is 0 Å². The first kappa shape index (κ1) is 6.30. The molecule has 0 aliphatic rings. The molecule has 0 radical (unpaired) electrons. The van der Waals surface area contributed by atoms with Crippen LogP contribution in [0.3, 0.4) is 0 Å². The Kier molecular flexibility index (Phi) is 1.93. The SMILES string of the molecule is BO[As](=O)(O)O. The quantitative estimate of drug-likeness (QED) is 0.406. The van der Waals surface area contributed by atoms with Crippen molar-refractivity contribution in [2.75, 3.05) is 0 Å². The fourth-order valence-electron chi connectivity index (χ4n) is 0. The molecule has 0 aromatic heterocycles. The van der Waals surface area contributed by atoms with Crippen LogP contribution in [0.4, 0.5) is 0 Å². The molecule has 6 heteroatoms. The van der Waals surface area contributed by atoms with E-state index in [1.165, 1.54) is 0 Å². The molecular weight excluding hydrogens is 150 g/mol. The minimum absolute atomic E-state index is 0.972. The van der Waals surface area contributed by atoms with Crippen LogP contribution in [0, 0.1) is 0 Å². The first-order valence-corrected chi connectivity index (χ1v) is 4.38. The van der Waals surface area contributed by atoms with E-state index in [1.54, 1.807) is 0 Å². The maximum absolute atomic E-state index is 9.53. The van der Waals surface area contributed by atoms with Gasteiger partial charge in [-0.2, -0.15) is 0 Å². The van der Waals surface area contributed by atoms with Crippen LogP contribution >= 0.6 is 0 Å². The van der Waals surface area contributed by atoms with Crippen molar-refractivity contribution in [3.8, 4) is 0 Å². The standard InChI is InChI=1S/AsBH4O4/c2-6-1(3,4)5/h2H2,(H2,3,4,5). The van der Waals surface area contributed by atoms with Gasteiger partial charge in [0.2, 0.25) is 0 Å². The number of hydrogen-bond donors (Lipinski definition) is 2. The molecule has 0 heterocycles. The Hall–Kier alpha value is 0.303. The molecule has 0 aromatic carbocycles. The van der Waals surface area contributed by atoms with Crippen molar-refractivity contribution in [3.05, 3.63) is 0 Å². The van der Waals surface area contributed by atoms with E-state index in [9.17, 15) is 3.74 Å². The third-order valence-electron chi connectivity index (χ3n) is 0.238. The third-order valence-corrected chi connectivity index (χ3v) is 1.24. The van der Waals surface area contributed by atoms with E-state index in [0.29, 0.717) is 0 Å². The minimum atomic E-state index is -4.66. The summed E-state index contributed by atoms with van der Waals surface area (Å²) in [6.45, 7) is 0. The Morgan fingerprint density at radius 2 is 1.83 bits per heavy atom. The van der Waals surface area contributed by atoms with Crippen LogP contribution in [0.5, 0.6) is 0 Å². The molecule has 0 bridgehead atoms. The average Bonchev–Trinajstić information content (AvgIpc) is 1.35. The molecule has 0 amide bonds. The molecule has 0 saturated carbocycles. The van der Waals surface area contributed by atoms with Crippen LogP contribution in [0.2, 0.25) is 0 Å². The van der Waals surface area contributed by atoms with E-state index in [2.05, 4.69) is 3.64 Å². The van der Waals surface area contributed by atoms with Gasteiger partial charge in [-0.05, 0) is 0 Å². The zero-order valence-corrected chi connectivity index (χ0v) is 5.03. The van der Waals surface area contributed by atoms with Gasteiger partial charge < -0.3 is 0 Å². The second kappa shape index (κ2) is 1.84. The Balaban J connectivity index is 3.48. The van der Waals surface area contributed by atoms with E-state index in [4.69, 9.17) is 8.19 Å². The molecule has 2 N–H and O–H groups in total. The molecular formula is H4AsBO4. The molecule has 6 heavy (non-hydrogen) atoms. The van der Waals surface area contributed by atoms with E-state index >= 15 is 0 Å². The summed E-state index contributed by atoms with van der Waals surface area (Å²) in [6.07, 6.45) is 0. The summed E-state index contributed by atoms with van der Waals surface area (Å²) >= 11 is -4.66. The van der Waals surface area contributed by atoms with Gasteiger partial charge in [0.15, 0.2) is 0 Å². The van der Waals surface area contributed by atoms with E-state index in [1.807, 2.05) is 0 Å². The molecule has 0 saturated heterocycles. The Morgan fingerprint density at radius 1 is 1.67 bits per heavy atom. The molecule has 0 fully saturated rings. The zero-order valence-electron chi connectivity index (χ0n) is 3.16. The molecule has 36 valence electrons. The molecule has 0 spiro atoms. The van der Waals surface area contributed by atoms with Crippen molar-refractivity contribution < 1.29 is 15.6 Å². The van der Waals surface area contributed by atoms with Crippen LogP contribution in [-0.2, 0) is 7.38 Å². The maximum atomic E-state index is 9.53. The second-order valence-electron chi connectivity index (χ2n) is 0.673. The molecule has 0 unspecified atom stereocenters. The first-order chi connectivity index (χ1) is 2.56. The fraction of sp³-hybridized carbons (Fsp3) is 0. The van der Waals surface area contributed by atoms with Gasteiger partial charge in [0.1, 0.15) is 0 Å². The van der Waals surface area contributed by atoms with Gasteiger partial charge in [-0.15, -0.1) is 0 Å². The first-order valence-electron chi connectivity index (χ1n) is 1.17. The van der Waals surface area contributed by atoms with E-state index in [-0.39, 0.29) is 0 Å². The van der Waals surface area contributed by atoms with Gasteiger partial charge in [-0.3, -0.25) is 0 Å². The molecule has 0 aliphatic carbocycles. The van der Waals surface area contributed by atoms with Crippen LogP contribution in [-0.4, -0.2) is 30.8 Å². The normalized spacial score (nSPS) is 11.7. The Morgan fingerprint density at radius 3 is 1.83 bits per heavy atom. The summed E-state index contributed by atoms with van der Waals surface area (Å²) in [6, 6.07) is 0. The topological polar surface area (TPSA) is 66.8 Å². The zero-order chi connectivity index (χ0) is 5.21. The predicted molar refractivity (Wildman–Crippen MR) is 20.5 cm³/mol. The third kappa shape index (κ3) is 4.30. The van der Waals surface area contributed by atoms with Crippen LogP contribution in [0.25, 0.3) is 0 Å². The summed E-state index contributed by atoms with van der Waals surface area (Å²) < 4.78 is 28.8. The average molecular weight is 154 g/mol. The van der Waals surface area contributed by atoms with Crippen molar-refractivity contribution in [1.29, 1.82) is 0 Å². The number of hydrogen-bond acceptors (Lipinski definition) is 2. The fourth-order valence-corrected chi connectivity index (χ4v) is 0. The van der Waals surface area contributed by atoms with Gasteiger partial charge in [0.25, 0.3) is 0 Å². The summed E-state index contributed by atoms with van der Waals surface area (Å²) in [5.74, 6) is 0. The van der Waals surface area contributed by atoms with Crippen molar-refractivity contribution in [2.24, 2.45) is 0 Å². The van der Waals surface area contributed by atoms with Crippen molar-refractivity contribution in [3.63, 3.8) is 0 Å². The van der Waals surface area contributed by atoms with Gasteiger partial charge in [-0.1, -0.05) is 0 Å². The van der Waals surface area contributed by atoms with E-state index < -0.39 is 14.5 Å². The van der Waals surface area contributed by atoms with Crippen molar-refractivity contribution in [1.82, 2.24) is 0 Å². The van der Waals surface area contributed by atoms with Crippen LogP contribution in [0.15, 0.2) is 0 Å². The van der Waals surface area contributed by atoms with E-state index in [0.717, 1.165) is 8.05 Å². The van der Waals surface area contributed by atoms with Crippen LogP contribution < -0.4 is 0 Å². The molecule has 0 aromatic rings. The van der Waals surface area contributed by atoms with Gasteiger partial charge >= 0.3 is 38.1 Å².